The lowest BCUT2D eigenvalue weighted by Crippen LogP contribution is -2.07. The van der Waals surface area contributed by atoms with E-state index in [1.165, 1.54) is 11.8 Å². The summed E-state index contributed by atoms with van der Waals surface area (Å²) >= 11 is 1.36. The molecule has 0 saturated heterocycles. The van der Waals surface area contributed by atoms with Gasteiger partial charge < -0.3 is 4.98 Å². The van der Waals surface area contributed by atoms with Gasteiger partial charge in [0.25, 0.3) is 0 Å². The maximum absolute atomic E-state index is 12.1. The van der Waals surface area contributed by atoms with Crippen molar-refractivity contribution in [1.82, 2.24) is 4.98 Å². The van der Waals surface area contributed by atoms with Gasteiger partial charge >= 0.3 is 0 Å². The van der Waals surface area contributed by atoms with Crippen LogP contribution in [0.3, 0.4) is 0 Å². The molecule has 3 nitrogen and oxygen atoms in total. The Bertz CT molecular complexity index is 840. The van der Waals surface area contributed by atoms with Crippen LogP contribution in [0.15, 0.2) is 70.5 Å². The molecule has 4 heteroatoms. The molecule has 0 aliphatic rings. The largest absolute Gasteiger partial charge is 0.317 e. The molecule has 0 unspecified atom stereocenters. The molecule has 21 heavy (non-hydrogen) atoms. The predicted molar refractivity (Wildman–Crippen MR) is 86.1 cm³/mol. The van der Waals surface area contributed by atoms with E-state index in [-0.39, 0.29) is 11.3 Å². The van der Waals surface area contributed by atoms with E-state index >= 15 is 0 Å². The summed E-state index contributed by atoms with van der Waals surface area (Å²) in [5.41, 5.74) is 0.538. The minimum Gasteiger partial charge on any atom is -0.317 e. The highest BCUT2D eigenvalue weighted by Crippen LogP contribution is 2.24. The number of hydrogen-bond donors (Lipinski definition) is 1. The SMILES string of the molecule is O=C(CSc1[nH]c(=O)cc2ccccc12)c1ccccc1. The summed E-state index contributed by atoms with van der Waals surface area (Å²) in [5.74, 6) is 0.350. The fourth-order valence-corrected chi connectivity index (χ4v) is 3.10. The molecule has 104 valence electrons. The Balaban J connectivity index is 1.86. The first-order valence-electron chi connectivity index (χ1n) is 6.57. The van der Waals surface area contributed by atoms with Gasteiger partial charge in [-0.25, -0.2) is 0 Å². The van der Waals surface area contributed by atoms with Gasteiger partial charge in [0.15, 0.2) is 5.78 Å². The van der Waals surface area contributed by atoms with Crippen molar-refractivity contribution in [3.8, 4) is 0 Å². The summed E-state index contributed by atoms with van der Waals surface area (Å²) in [4.78, 5) is 26.6. The van der Waals surface area contributed by atoms with Crippen LogP contribution >= 0.6 is 11.8 Å². The van der Waals surface area contributed by atoms with Crippen molar-refractivity contribution < 1.29 is 4.79 Å². The maximum atomic E-state index is 12.1. The molecule has 0 fully saturated rings. The fraction of sp³-hybridized carbons (Fsp3) is 0.0588. The number of fused-ring (bicyclic) bond motifs is 1. The van der Waals surface area contributed by atoms with E-state index in [1.807, 2.05) is 42.5 Å². The van der Waals surface area contributed by atoms with Crippen LogP contribution in [0.4, 0.5) is 0 Å². The highest BCUT2D eigenvalue weighted by Gasteiger charge is 2.09. The van der Waals surface area contributed by atoms with Crippen molar-refractivity contribution in [2.45, 2.75) is 5.03 Å². The lowest BCUT2D eigenvalue weighted by Gasteiger charge is -2.05. The van der Waals surface area contributed by atoms with Crippen molar-refractivity contribution in [2.75, 3.05) is 5.75 Å². The third kappa shape index (κ3) is 3.06. The van der Waals surface area contributed by atoms with Gasteiger partial charge in [-0.1, -0.05) is 66.4 Å². The number of carbonyl (C=O) groups excluding carboxylic acids is 1. The van der Waals surface area contributed by atoms with Crippen LogP contribution in [0.25, 0.3) is 10.8 Å². The smallest absolute Gasteiger partial charge is 0.249 e. The van der Waals surface area contributed by atoms with Crippen LogP contribution in [0.5, 0.6) is 0 Å². The number of benzene rings is 2. The number of aromatic nitrogens is 1. The second-order valence-electron chi connectivity index (χ2n) is 4.63. The summed E-state index contributed by atoms with van der Waals surface area (Å²) in [5, 5.41) is 2.58. The molecule has 0 aliphatic heterocycles. The molecule has 2 aromatic carbocycles. The first-order valence-corrected chi connectivity index (χ1v) is 7.56. The second-order valence-corrected chi connectivity index (χ2v) is 5.61. The van der Waals surface area contributed by atoms with Crippen LogP contribution in [-0.4, -0.2) is 16.5 Å². The first kappa shape index (κ1) is 13.6. The second kappa shape index (κ2) is 5.97. The fourth-order valence-electron chi connectivity index (χ4n) is 2.15. The van der Waals surface area contributed by atoms with E-state index in [0.29, 0.717) is 11.3 Å². The van der Waals surface area contributed by atoms with Gasteiger partial charge in [0.1, 0.15) is 0 Å². The lowest BCUT2D eigenvalue weighted by molar-refractivity contribution is 0.102. The number of hydrogen-bond acceptors (Lipinski definition) is 3. The van der Waals surface area contributed by atoms with Gasteiger partial charge in [-0.15, -0.1) is 0 Å². The van der Waals surface area contributed by atoms with E-state index in [9.17, 15) is 9.59 Å². The number of aromatic amines is 1. The number of pyridine rings is 1. The quantitative estimate of drug-likeness (QED) is 0.592. The third-order valence-electron chi connectivity index (χ3n) is 3.17. The number of rotatable bonds is 4. The van der Waals surface area contributed by atoms with Crippen molar-refractivity contribution in [2.24, 2.45) is 0 Å². The molecular weight excluding hydrogens is 282 g/mol. The van der Waals surface area contributed by atoms with Crippen LogP contribution in [0, 0.1) is 0 Å². The average Bonchev–Trinajstić information content (AvgIpc) is 2.53. The number of nitrogens with one attached hydrogen (secondary N) is 1. The van der Waals surface area contributed by atoms with Gasteiger partial charge in [-0.05, 0) is 5.39 Å². The first-order chi connectivity index (χ1) is 10.2. The summed E-state index contributed by atoms with van der Waals surface area (Å²) in [7, 11) is 0. The minimum absolute atomic E-state index is 0.0504. The molecule has 0 aliphatic carbocycles. The Morgan fingerprint density at radius 3 is 2.52 bits per heavy atom. The normalized spacial score (nSPS) is 10.7. The third-order valence-corrected chi connectivity index (χ3v) is 4.19. The molecule has 0 atom stereocenters. The van der Waals surface area contributed by atoms with Crippen molar-refractivity contribution in [3.63, 3.8) is 0 Å². The van der Waals surface area contributed by atoms with Crippen LogP contribution in [0.2, 0.25) is 0 Å². The standard InChI is InChI=1S/C17H13NO2S/c19-15(12-6-2-1-3-7-12)11-21-17-14-9-5-4-8-13(14)10-16(20)18-17/h1-10H,11H2,(H,18,20). The molecule has 0 spiro atoms. The van der Waals surface area contributed by atoms with E-state index < -0.39 is 0 Å². The zero-order valence-electron chi connectivity index (χ0n) is 11.2. The molecule has 0 saturated carbocycles. The van der Waals surface area contributed by atoms with E-state index in [4.69, 9.17) is 0 Å². The molecule has 0 bridgehead atoms. The average molecular weight is 295 g/mol. The number of H-pyrrole nitrogens is 1. The van der Waals surface area contributed by atoms with Crippen molar-refractivity contribution >= 4 is 28.3 Å². The van der Waals surface area contributed by atoms with Crippen LogP contribution in [0.1, 0.15) is 10.4 Å². The van der Waals surface area contributed by atoms with Crippen LogP contribution in [-0.2, 0) is 0 Å². The summed E-state index contributed by atoms with van der Waals surface area (Å²) in [6.07, 6.45) is 0. The van der Waals surface area contributed by atoms with Gasteiger partial charge in [0.2, 0.25) is 5.56 Å². The highest BCUT2D eigenvalue weighted by atomic mass is 32.2. The Labute approximate surface area is 126 Å². The monoisotopic (exact) mass is 295 g/mol. The summed E-state index contributed by atoms with van der Waals surface area (Å²) in [6, 6.07) is 18.4. The van der Waals surface area contributed by atoms with Crippen molar-refractivity contribution in [3.05, 3.63) is 76.6 Å². The van der Waals surface area contributed by atoms with E-state index in [1.54, 1.807) is 18.2 Å². The Morgan fingerprint density at radius 1 is 1.00 bits per heavy atom. The van der Waals surface area contributed by atoms with Gasteiger partial charge in [-0.3, -0.25) is 9.59 Å². The Hall–Kier alpha value is -2.33. The zero-order chi connectivity index (χ0) is 14.7. The van der Waals surface area contributed by atoms with Crippen molar-refractivity contribution in [1.29, 1.82) is 0 Å². The number of carbonyl (C=O) groups is 1. The topological polar surface area (TPSA) is 49.9 Å². The number of thioether (sulfide) groups is 1. The Morgan fingerprint density at radius 2 is 1.71 bits per heavy atom. The Kier molecular flexibility index (Phi) is 3.88. The lowest BCUT2D eigenvalue weighted by atomic mass is 10.2. The molecular formula is C17H13NO2S. The molecule has 1 heterocycles. The van der Waals surface area contributed by atoms with Gasteiger partial charge in [0.05, 0.1) is 10.8 Å². The van der Waals surface area contributed by atoms with E-state index in [0.717, 1.165) is 15.8 Å². The maximum Gasteiger partial charge on any atom is 0.249 e. The minimum atomic E-state index is -0.150. The molecule has 0 amide bonds. The molecule has 0 radical (unpaired) electrons. The van der Waals surface area contributed by atoms with Crippen LogP contribution < -0.4 is 5.56 Å². The number of ketones is 1. The zero-order valence-corrected chi connectivity index (χ0v) is 12.0. The van der Waals surface area contributed by atoms with Gasteiger partial charge in [0, 0.05) is 17.0 Å². The van der Waals surface area contributed by atoms with Gasteiger partial charge in [-0.2, -0.15) is 0 Å². The molecule has 3 rings (SSSR count). The highest BCUT2D eigenvalue weighted by molar-refractivity contribution is 8.00. The molecule has 1 N–H and O–H groups in total. The summed E-state index contributed by atoms with van der Waals surface area (Å²) in [6.45, 7) is 0. The number of Topliss-reactive ketones (excluding diaryl/α,β-unsaturated/α-hetero) is 1. The molecule has 3 aromatic rings. The summed E-state index contributed by atoms with van der Waals surface area (Å²) < 4.78 is 0. The predicted octanol–water partition coefficient (Wildman–Crippen LogP) is 3.50. The molecule has 1 aromatic heterocycles. The van der Waals surface area contributed by atoms with E-state index in [2.05, 4.69) is 4.98 Å².